The van der Waals surface area contributed by atoms with E-state index in [0.717, 1.165) is 103 Å². The maximum absolute atomic E-state index is 16.2. The summed E-state index contributed by atoms with van der Waals surface area (Å²) in [5.74, 6) is 1.75. The van der Waals surface area contributed by atoms with Gasteiger partial charge in [-0.05, 0) is 117 Å². The molecule has 2 aromatic heterocycles. The molecular formula is C39H46F2N8. The number of rotatable bonds is 6. The Morgan fingerprint density at radius 2 is 1.18 bits per heavy atom. The van der Waals surface area contributed by atoms with Crippen LogP contribution in [0.15, 0.2) is 48.5 Å². The smallest absolute Gasteiger partial charge is 0.151 e. The monoisotopic (exact) mass is 664 g/mol. The molecule has 4 N–H and O–H groups in total. The SMILES string of the molecule is CC1C[C@H](C)CN(c2c(F)cc(N3[C@@H](c4ccc5nc([C@@H]6CCCN6)[nH]c5c4)CC[C@@H]3c3ccc4nc([C@@H]5CCCN5)[nH]c4c3)cc2F)C1. The van der Waals surface area contributed by atoms with Crippen LogP contribution < -0.4 is 20.4 Å². The Kier molecular flexibility index (Phi) is 7.84. The third kappa shape index (κ3) is 5.66. The average Bonchev–Trinajstić information content (AvgIpc) is 3.92. The first-order valence-corrected chi connectivity index (χ1v) is 18.4. The number of fused-ring (bicyclic) bond motifs is 2. The number of aromatic amines is 2. The van der Waals surface area contributed by atoms with Crippen molar-refractivity contribution in [3.8, 4) is 0 Å². The molecular weight excluding hydrogens is 618 g/mol. The summed E-state index contributed by atoms with van der Waals surface area (Å²) in [6.45, 7) is 7.68. The highest BCUT2D eigenvalue weighted by atomic mass is 19.1. The normalized spacial score (nSPS) is 27.7. The number of H-pyrrole nitrogens is 2. The Labute approximate surface area is 286 Å². The molecule has 0 amide bonds. The number of nitrogens with zero attached hydrogens (tertiary/aromatic N) is 4. The number of imidazole rings is 2. The van der Waals surface area contributed by atoms with Gasteiger partial charge in [-0.3, -0.25) is 0 Å². The Balaban J connectivity index is 1.10. The first-order valence-electron chi connectivity index (χ1n) is 18.4. The summed E-state index contributed by atoms with van der Waals surface area (Å²) >= 11 is 0. The van der Waals surface area contributed by atoms with Crippen molar-refractivity contribution >= 4 is 33.4 Å². The van der Waals surface area contributed by atoms with Crippen LogP contribution in [0.5, 0.6) is 0 Å². The summed E-state index contributed by atoms with van der Waals surface area (Å²) < 4.78 is 32.5. The van der Waals surface area contributed by atoms with Crippen LogP contribution in [0.4, 0.5) is 20.2 Å². The lowest BCUT2D eigenvalue weighted by atomic mass is 9.91. The van der Waals surface area contributed by atoms with Gasteiger partial charge in [0.25, 0.3) is 0 Å². The van der Waals surface area contributed by atoms with Gasteiger partial charge in [0.1, 0.15) is 17.3 Å². The molecule has 10 heteroatoms. The third-order valence-corrected chi connectivity index (χ3v) is 11.5. The van der Waals surface area contributed by atoms with Crippen molar-refractivity contribution in [2.24, 2.45) is 11.8 Å². The first-order chi connectivity index (χ1) is 23.9. The Morgan fingerprint density at radius 1 is 0.673 bits per heavy atom. The van der Waals surface area contributed by atoms with Gasteiger partial charge in [0, 0.05) is 18.8 Å². The quantitative estimate of drug-likeness (QED) is 0.147. The van der Waals surface area contributed by atoms with Crippen LogP contribution >= 0.6 is 0 Å². The van der Waals surface area contributed by atoms with Crippen molar-refractivity contribution in [1.29, 1.82) is 0 Å². The number of aromatic nitrogens is 4. The second-order valence-corrected chi connectivity index (χ2v) is 15.2. The van der Waals surface area contributed by atoms with E-state index >= 15 is 8.78 Å². The molecule has 1 unspecified atom stereocenters. The molecule has 3 aromatic carbocycles. The summed E-state index contributed by atoms with van der Waals surface area (Å²) in [6.07, 6.45) is 7.23. The molecule has 6 atom stereocenters. The molecule has 4 saturated heterocycles. The van der Waals surface area contributed by atoms with Gasteiger partial charge in [0.2, 0.25) is 0 Å². The van der Waals surface area contributed by atoms with Gasteiger partial charge in [-0.2, -0.15) is 0 Å². The van der Waals surface area contributed by atoms with Crippen molar-refractivity contribution in [3.63, 3.8) is 0 Å². The van der Waals surface area contributed by atoms with Crippen LogP contribution in [0, 0.1) is 23.5 Å². The molecule has 9 rings (SSSR count). The van der Waals surface area contributed by atoms with Gasteiger partial charge in [-0.1, -0.05) is 26.0 Å². The lowest BCUT2D eigenvalue weighted by Gasteiger charge is -2.38. The zero-order chi connectivity index (χ0) is 33.2. The first kappa shape index (κ1) is 31.0. The second-order valence-electron chi connectivity index (χ2n) is 15.2. The van der Waals surface area contributed by atoms with Crippen LogP contribution in [-0.2, 0) is 0 Å². The Morgan fingerprint density at radius 3 is 1.65 bits per heavy atom. The fourth-order valence-electron chi connectivity index (χ4n) is 9.35. The van der Waals surface area contributed by atoms with E-state index in [9.17, 15) is 0 Å². The number of benzene rings is 3. The molecule has 4 aliphatic rings. The summed E-state index contributed by atoms with van der Waals surface area (Å²) in [4.78, 5) is 21.1. The van der Waals surface area contributed by atoms with Crippen molar-refractivity contribution in [2.45, 2.75) is 83.0 Å². The second kappa shape index (κ2) is 12.4. The predicted molar refractivity (Wildman–Crippen MR) is 191 cm³/mol. The summed E-state index contributed by atoms with van der Waals surface area (Å²) in [5, 5.41) is 7.08. The number of hydrogen-bond acceptors (Lipinski definition) is 6. The van der Waals surface area contributed by atoms with Gasteiger partial charge < -0.3 is 30.4 Å². The number of piperidine rings is 1. The van der Waals surface area contributed by atoms with E-state index in [2.05, 4.69) is 75.7 Å². The molecule has 0 saturated carbocycles. The van der Waals surface area contributed by atoms with Gasteiger partial charge >= 0.3 is 0 Å². The van der Waals surface area contributed by atoms with Gasteiger partial charge in [-0.15, -0.1) is 0 Å². The minimum atomic E-state index is -0.490. The molecule has 5 aromatic rings. The van der Waals surface area contributed by atoms with Crippen LogP contribution in [0.25, 0.3) is 22.1 Å². The highest BCUT2D eigenvalue weighted by Gasteiger charge is 2.38. The van der Waals surface area contributed by atoms with Crippen molar-refractivity contribution in [1.82, 2.24) is 30.6 Å². The molecule has 0 aliphatic carbocycles. The molecule has 4 aliphatic heterocycles. The number of nitrogens with one attached hydrogen (secondary N) is 4. The maximum Gasteiger partial charge on any atom is 0.151 e. The molecule has 8 nitrogen and oxygen atoms in total. The minimum Gasteiger partial charge on any atom is -0.366 e. The molecule has 0 spiro atoms. The van der Waals surface area contributed by atoms with Crippen LogP contribution in [-0.4, -0.2) is 46.1 Å². The number of halogens is 2. The average molecular weight is 665 g/mol. The van der Waals surface area contributed by atoms with E-state index in [4.69, 9.17) is 9.97 Å². The van der Waals surface area contributed by atoms with E-state index in [1.807, 2.05) is 4.90 Å². The van der Waals surface area contributed by atoms with Crippen molar-refractivity contribution < 1.29 is 8.78 Å². The van der Waals surface area contributed by atoms with Crippen LogP contribution in [0.1, 0.15) is 106 Å². The highest BCUT2D eigenvalue weighted by molar-refractivity contribution is 5.78. The summed E-state index contributed by atoms with van der Waals surface area (Å²) in [6, 6.07) is 16.4. The topological polar surface area (TPSA) is 87.9 Å². The van der Waals surface area contributed by atoms with Gasteiger partial charge in [0.05, 0.1) is 46.2 Å². The minimum absolute atomic E-state index is 0.0684. The van der Waals surface area contributed by atoms with E-state index < -0.39 is 11.6 Å². The van der Waals surface area contributed by atoms with Gasteiger partial charge in [0.15, 0.2) is 11.6 Å². The lowest BCUT2D eigenvalue weighted by molar-refractivity contribution is 0.352. The molecule has 0 radical (unpaired) electrons. The zero-order valence-corrected chi connectivity index (χ0v) is 28.4. The molecule has 49 heavy (non-hydrogen) atoms. The van der Waals surface area contributed by atoms with E-state index in [1.54, 1.807) is 12.1 Å². The molecule has 0 bridgehead atoms. The van der Waals surface area contributed by atoms with Crippen LogP contribution in [0.3, 0.4) is 0 Å². The fraction of sp³-hybridized carbons (Fsp3) is 0.487. The van der Waals surface area contributed by atoms with Crippen LogP contribution in [0.2, 0.25) is 0 Å². The van der Waals surface area contributed by atoms with Gasteiger partial charge in [-0.25, -0.2) is 18.7 Å². The van der Waals surface area contributed by atoms with E-state index in [0.29, 0.717) is 30.6 Å². The predicted octanol–water partition coefficient (Wildman–Crippen LogP) is 8.13. The number of anilines is 2. The maximum atomic E-state index is 16.2. The van der Waals surface area contributed by atoms with E-state index in [1.165, 1.54) is 0 Å². The Hall–Kier alpha value is -4.02. The summed E-state index contributed by atoms with van der Waals surface area (Å²) in [5.41, 5.74) is 6.79. The van der Waals surface area contributed by atoms with E-state index in [-0.39, 0.29) is 29.9 Å². The zero-order valence-electron chi connectivity index (χ0n) is 28.4. The molecule has 4 fully saturated rings. The largest absolute Gasteiger partial charge is 0.366 e. The molecule has 6 heterocycles. The molecule has 256 valence electrons. The Bertz CT molecular complexity index is 1850. The van der Waals surface area contributed by atoms with Crippen molar-refractivity contribution in [2.75, 3.05) is 36.0 Å². The number of hydrogen-bond donors (Lipinski definition) is 4. The standard InChI is InChI=1S/C39H46F2N8/c1-22-15-23(2)21-48(20-22)37-27(40)18-26(19-28(37)41)49-35(24-7-9-29-33(16-24)46-38(44-29)31-5-3-13-42-31)11-12-36(49)25-8-10-30-34(17-25)47-39(45-30)32-6-4-14-43-32/h7-10,16-19,22-23,31-32,35-36,42-43H,3-6,11-15,20-21H2,1-2H3,(H,44,46)(H,45,47)/t22-,23?,31-,32-,35+,36+/m0/s1. The lowest BCUT2D eigenvalue weighted by Crippen LogP contribution is -2.39. The van der Waals surface area contributed by atoms with Crippen molar-refractivity contribution in [3.05, 3.63) is 82.9 Å². The highest BCUT2D eigenvalue weighted by Crippen LogP contribution is 2.49. The third-order valence-electron chi connectivity index (χ3n) is 11.5. The fourth-order valence-corrected chi connectivity index (χ4v) is 9.35. The summed E-state index contributed by atoms with van der Waals surface area (Å²) in [7, 11) is 0.